The largest absolute Gasteiger partial charge is 0.439 e. The number of pyridine rings is 1. The SMILES string of the molecule is C[C@@H](CC#N)N(C)C(=O)Nc1ccnc(Oc2ccccc2)c1. The van der Waals surface area contributed by atoms with Gasteiger partial charge in [0, 0.05) is 31.0 Å². The fourth-order valence-corrected chi connectivity index (χ4v) is 1.83. The van der Waals surface area contributed by atoms with Crippen molar-refractivity contribution in [1.29, 1.82) is 5.26 Å². The molecule has 0 fully saturated rings. The van der Waals surface area contributed by atoms with E-state index >= 15 is 0 Å². The standard InChI is InChI=1S/C17H18N4O2/c1-13(8-10-18)21(2)17(22)20-14-9-11-19-16(12-14)23-15-6-4-3-5-7-15/h3-7,9,11-13H,8H2,1-2H3,(H,19,20,22)/t13-/m0/s1. The first kappa shape index (κ1) is 16.3. The van der Waals surface area contributed by atoms with Gasteiger partial charge in [-0.15, -0.1) is 0 Å². The Bertz CT molecular complexity index is 697. The van der Waals surface area contributed by atoms with E-state index in [2.05, 4.69) is 16.4 Å². The summed E-state index contributed by atoms with van der Waals surface area (Å²) in [5.41, 5.74) is 0.576. The molecule has 1 N–H and O–H groups in total. The minimum absolute atomic E-state index is 0.165. The van der Waals surface area contributed by atoms with Gasteiger partial charge in [0.05, 0.1) is 12.5 Å². The molecule has 2 rings (SSSR count). The molecule has 6 heteroatoms. The fourth-order valence-electron chi connectivity index (χ4n) is 1.83. The molecule has 1 atom stereocenters. The number of hydrogen-bond donors (Lipinski definition) is 1. The summed E-state index contributed by atoms with van der Waals surface area (Å²) in [7, 11) is 1.65. The first-order valence-corrected chi connectivity index (χ1v) is 7.20. The molecule has 2 aromatic rings. The topological polar surface area (TPSA) is 78.3 Å². The van der Waals surface area contributed by atoms with E-state index in [1.165, 1.54) is 4.90 Å². The Kier molecular flexibility index (Phi) is 5.53. The van der Waals surface area contributed by atoms with Gasteiger partial charge in [0.15, 0.2) is 0 Å². The van der Waals surface area contributed by atoms with Crippen LogP contribution in [0.15, 0.2) is 48.7 Å². The second kappa shape index (κ2) is 7.80. The number of nitriles is 1. The lowest BCUT2D eigenvalue weighted by Crippen LogP contribution is -2.38. The van der Waals surface area contributed by atoms with Gasteiger partial charge in [0.1, 0.15) is 5.75 Å². The number of carbonyl (C=O) groups is 1. The van der Waals surface area contributed by atoms with Crippen molar-refractivity contribution in [3.63, 3.8) is 0 Å². The van der Waals surface area contributed by atoms with Gasteiger partial charge < -0.3 is 15.0 Å². The summed E-state index contributed by atoms with van der Waals surface area (Å²) in [6, 6.07) is 14.2. The zero-order valence-corrected chi connectivity index (χ0v) is 13.1. The molecule has 0 aliphatic heterocycles. The molecule has 2 amide bonds. The van der Waals surface area contributed by atoms with E-state index in [0.29, 0.717) is 17.3 Å². The summed E-state index contributed by atoms with van der Waals surface area (Å²) in [5, 5.41) is 11.5. The molecule has 23 heavy (non-hydrogen) atoms. The molecule has 1 aromatic carbocycles. The average Bonchev–Trinajstić information content (AvgIpc) is 2.55. The van der Waals surface area contributed by atoms with Crippen LogP contribution in [0, 0.1) is 11.3 Å². The zero-order chi connectivity index (χ0) is 16.7. The Balaban J connectivity index is 2.02. The molecule has 118 valence electrons. The maximum absolute atomic E-state index is 12.1. The molecular formula is C17H18N4O2. The van der Waals surface area contributed by atoms with Crippen molar-refractivity contribution in [2.24, 2.45) is 0 Å². The molecule has 0 saturated heterocycles. The van der Waals surface area contributed by atoms with Crippen LogP contribution in [0.25, 0.3) is 0 Å². The quantitative estimate of drug-likeness (QED) is 0.914. The van der Waals surface area contributed by atoms with Gasteiger partial charge in [0.2, 0.25) is 5.88 Å². The summed E-state index contributed by atoms with van der Waals surface area (Å²) in [4.78, 5) is 17.8. The van der Waals surface area contributed by atoms with Crippen LogP contribution >= 0.6 is 0 Å². The first-order chi connectivity index (χ1) is 11.1. The first-order valence-electron chi connectivity index (χ1n) is 7.20. The van der Waals surface area contributed by atoms with Crippen molar-refractivity contribution in [3.05, 3.63) is 48.7 Å². The van der Waals surface area contributed by atoms with Gasteiger partial charge >= 0.3 is 6.03 Å². The molecular weight excluding hydrogens is 292 g/mol. The van der Waals surface area contributed by atoms with Crippen molar-refractivity contribution in [3.8, 4) is 17.7 Å². The average molecular weight is 310 g/mol. The third-order valence-corrected chi connectivity index (χ3v) is 3.32. The third-order valence-electron chi connectivity index (χ3n) is 3.32. The summed E-state index contributed by atoms with van der Waals surface area (Å²) < 4.78 is 5.63. The van der Waals surface area contributed by atoms with E-state index in [4.69, 9.17) is 10.00 Å². The van der Waals surface area contributed by atoms with Crippen molar-refractivity contribution in [2.75, 3.05) is 12.4 Å². The number of ether oxygens (including phenoxy) is 1. The number of nitrogens with one attached hydrogen (secondary N) is 1. The smallest absolute Gasteiger partial charge is 0.321 e. The van der Waals surface area contributed by atoms with E-state index in [1.807, 2.05) is 37.3 Å². The number of carbonyl (C=O) groups excluding carboxylic acids is 1. The van der Waals surface area contributed by atoms with Gasteiger partial charge in [-0.1, -0.05) is 18.2 Å². The summed E-state index contributed by atoms with van der Waals surface area (Å²) in [6.07, 6.45) is 1.84. The van der Waals surface area contributed by atoms with E-state index in [0.717, 1.165) is 0 Å². The van der Waals surface area contributed by atoms with Crippen molar-refractivity contribution in [1.82, 2.24) is 9.88 Å². The van der Waals surface area contributed by atoms with E-state index in [9.17, 15) is 4.79 Å². The molecule has 0 saturated carbocycles. The zero-order valence-electron chi connectivity index (χ0n) is 13.1. The molecule has 0 aliphatic carbocycles. The van der Waals surface area contributed by atoms with Crippen LogP contribution in [0.4, 0.5) is 10.5 Å². The van der Waals surface area contributed by atoms with E-state index < -0.39 is 0 Å². The van der Waals surface area contributed by atoms with Crippen LogP contribution in [-0.2, 0) is 0 Å². The second-order valence-electron chi connectivity index (χ2n) is 5.05. The number of rotatable bonds is 5. The highest BCUT2D eigenvalue weighted by atomic mass is 16.5. The van der Waals surface area contributed by atoms with Crippen LogP contribution in [0.3, 0.4) is 0 Å². The Morgan fingerprint density at radius 3 is 2.83 bits per heavy atom. The number of aromatic nitrogens is 1. The monoisotopic (exact) mass is 310 g/mol. The van der Waals surface area contributed by atoms with E-state index in [1.54, 1.807) is 25.4 Å². The van der Waals surface area contributed by atoms with E-state index in [-0.39, 0.29) is 18.5 Å². The van der Waals surface area contributed by atoms with Crippen LogP contribution in [0.2, 0.25) is 0 Å². The number of hydrogen-bond acceptors (Lipinski definition) is 4. The number of nitrogens with zero attached hydrogens (tertiary/aromatic N) is 3. The van der Waals surface area contributed by atoms with Gasteiger partial charge in [0.25, 0.3) is 0 Å². The molecule has 6 nitrogen and oxygen atoms in total. The van der Waals surface area contributed by atoms with Crippen molar-refractivity contribution in [2.45, 2.75) is 19.4 Å². The fraction of sp³-hybridized carbons (Fsp3) is 0.235. The van der Waals surface area contributed by atoms with Crippen molar-refractivity contribution < 1.29 is 9.53 Å². The molecule has 0 aliphatic rings. The van der Waals surface area contributed by atoms with Gasteiger partial charge in [-0.2, -0.15) is 5.26 Å². The Morgan fingerprint density at radius 1 is 1.39 bits per heavy atom. The van der Waals surface area contributed by atoms with Crippen LogP contribution < -0.4 is 10.1 Å². The molecule has 0 unspecified atom stereocenters. The Labute approximate surface area is 135 Å². The summed E-state index contributed by atoms with van der Waals surface area (Å²) in [6.45, 7) is 1.82. The third kappa shape index (κ3) is 4.71. The van der Waals surface area contributed by atoms with Gasteiger partial charge in [-0.05, 0) is 25.1 Å². The van der Waals surface area contributed by atoms with Gasteiger partial charge in [-0.3, -0.25) is 0 Å². The highest BCUT2D eigenvalue weighted by molar-refractivity contribution is 5.89. The Morgan fingerprint density at radius 2 is 2.13 bits per heavy atom. The molecule has 1 aromatic heterocycles. The lowest BCUT2D eigenvalue weighted by molar-refractivity contribution is 0.208. The number of benzene rings is 1. The second-order valence-corrected chi connectivity index (χ2v) is 5.05. The maximum Gasteiger partial charge on any atom is 0.321 e. The summed E-state index contributed by atoms with van der Waals surface area (Å²) in [5.74, 6) is 1.06. The molecule has 1 heterocycles. The van der Waals surface area contributed by atoms with Crippen molar-refractivity contribution >= 4 is 11.7 Å². The number of para-hydroxylation sites is 1. The maximum atomic E-state index is 12.1. The van der Waals surface area contributed by atoms with Gasteiger partial charge in [-0.25, -0.2) is 9.78 Å². The number of urea groups is 1. The van der Waals surface area contributed by atoms with Crippen LogP contribution in [0.1, 0.15) is 13.3 Å². The number of anilines is 1. The summed E-state index contributed by atoms with van der Waals surface area (Å²) >= 11 is 0. The lowest BCUT2D eigenvalue weighted by atomic mass is 10.2. The lowest BCUT2D eigenvalue weighted by Gasteiger charge is -2.23. The minimum Gasteiger partial charge on any atom is -0.439 e. The predicted octanol–water partition coefficient (Wildman–Crippen LogP) is 3.64. The molecule has 0 spiro atoms. The normalized spacial score (nSPS) is 11.2. The Hall–Kier alpha value is -3.07. The van der Waals surface area contributed by atoms with Crippen LogP contribution in [-0.4, -0.2) is 29.0 Å². The highest BCUT2D eigenvalue weighted by Crippen LogP contribution is 2.21. The highest BCUT2D eigenvalue weighted by Gasteiger charge is 2.15. The molecule has 0 radical (unpaired) electrons. The minimum atomic E-state index is -0.287. The predicted molar refractivity (Wildman–Crippen MR) is 87.2 cm³/mol. The molecule has 0 bridgehead atoms. The number of amides is 2. The van der Waals surface area contributed by atoms with Crippen LogP contribution in [0.5, 0.6) is 11.6 Å².